The van der Waals surface area contributed by atoms with Gasteiger partial charge in [0.15, 0.2) is 0 Å². The zero-order chi connectivity index (χ0) is 13.0. The first-order valence-corrected chi connectivity index (χ1v) is 6.01. The quantitative estimate of drug-likeness (QED) is 0.826. The van der Waals surface area contributed by atoms with Gasteiger partial charge in [-0.2, -0.15) is 0 Å². The molecule has 0 spiro atoms. The normalized spacial score (nSPS) is 16.7. The predicted octanol–water partition coefficient (Wildman–Crippen LogP) is 1.46. The zero-order valence-electron chi connectivity index (χ0n) is 10.1. The van der Waals surface area contributed by atoms with Crippen LogP contribution in [-0.2, 0) is 4.79 Å². The number of nitrogens with one attached hydrogen (secondary N) is 1. The van der Waals surface area contributed by atoms with Crippen molar-refractivity contribution in [3.05, 3.63) is 30.1 Å². The van der Waals surface area contributed by atoms with E-state index in [1.165, 1.54) is 6.20 Å². The zero-order valence-corrected chi connectivity index (χ0v) is 10.1. The molecule has 1 aliphatic rings. The van der Waals surface area contributed by atoms with E-state index in [1.807, 2.05) is 0 Å². The summed E-state index contributed by atoms with van der Waals surface area (Å²) < 4.78 is 0. The number of hydrogen-bond donors (Lipinski definition) is 2. The number of carboxylic acids is 1. The third-order valence-electron chi connectivity index (χ3n) is 3.49. The molecule has 2 N–H and O–H groups in total. The number of pyridine rings is 1. The average Bonchev–Trinajstić information content (AvgIpc) is 2.32. The lowest BCUT2D eigenvalue weighted by molar-refractivity contribution is -0.141. The fraction of sp³-hybridized carbons (Fsp3) is 0.462. The number of amides is 1. The van der Waals surface area contributed by atoms with E-state index >= 15 is 0 Å². The van der Waals surface area contributed by atoms with Crippen molar-refractivity contribution in [1.82, 2.24) is 10.3 Å². The Hall–Kier alpha value is -1.91. The largest absolute Gasteiger partial charge is 0.481 e. The van der Waals surface area contributed by atoms with Crippen molar-refractivity contribution in [2.24, 2.45) is 5.41 Å². The number of aliphatic carboxylic acids is 1. The van der Waals surface area contributed by atoms with Gasteiger partial charge in [-0.1, -0.05) is 6.42 Å². The van der Waals surface area contributed by atoms with Crippen molar-refractivity contribution in [2.45, 2.75) is 25.7 Å². The monoisotopic (exact) mass is 248 g/mol. The van der Waals surface area contributed by atoms with Crippen molar-refractivity contribution in [2.75, 3.05) is 6.54 Å². The summed E-state index contributed by atoms with van der Waals surface area (Å²) in [5.74, 6) is -0.995. The summed E-state index contributed by atoms with van der Waals surface area (Å²) in [7, 11) is 0. The Kier molecular flexibility index (Phi) is 3.60. The van der Waals surface area contributed by atoms with Crippen LogP contribution in [0.1, 0.15) is 36.0 Å². The van der Waals surface area contributed by atoms with E-state index in [-0.39, 0.29) is 17.7 Å². The lowest BCUT2D eigenvalue weighted by atomic mass is 9.66. The number of nitrogens with zero attached hydrogens (tertiary/aromatic N) is 1. The standard InChI is InChI=1S/C13H16N2O3/c16-11(17)7-13(4-2-5-13)9-15-12(18)10-3-1-6-14-8-10/h1,3,6,8H,2,4-5,7,9H2,(H,15,18)(H,16,17). The van der Waals surface area contributed by atoms with E-state index in [9.17, 15) is 9.59 Å². The summed E-state index contributed by atoms with van der Waals surface area (Å²) in [6, 6.07) is 3.39. The third-order valence-corrected chi connectivity index (χ3v) is 3.49. The summed E-state index contributed by atoms with van der Waals surface area (Å²) in [4.78, 5) is 26.5. The fourth-order valence-corrected chi connectivity index (χ4v) is 2.28. The highest BCUT2D eigenvalue weighted by atomic mass is 16.4. The Morgan fingerprint density at radius 3 is 2.72 bits per heavy atom. The Bertz CT molecular complexity index is 441. The molecule has 0 bridgehead atoms. The van der Waals surface area contributed by atoms with Gasteiger partial charge in [-0.15, -0.1) is 0 Å². The molecule has 0 radical (unpaired) electrons. The van der Waals surface area contributed by atoms with E-state index in [1.54, 1.807) is 18.3 Å². The highest BCUT2D eigenvalue weighted by Gasteiger charge is 2.39. The molecule has 1 aliphatic carbocycles. The molecule has 0 saturated heterocycles. The lowest BCUT2D eigenvalue weighted by Crippen LogP contribution is -2.43. The second-order valence-electron chi connectivity index (χ2n) is 4.85. The Labute approximate surface area is 105 Å². The van der Waals surface area contributed by atoms with Gasteiger partial charge in [0.25, 0.3) is 5.91 Å². The summed E-state index contributed by atoms with van der Waals surface area (Å²) in [5, 5.41) is 11.7. The molecule has 1 aromatic heterocycles. The van der Waals surface area contributed by atoms with Crippen LogP contribution in [0, 0.1) is 5.41 Å². The minimum absolute atomic E-state index is 0.125. The smallest absolute Gasteiger partial charge is 0.303 e. The topological polar surface area (TPSA) is 79.3 Å². The third kappa shape index (κ3) is 2.85. The molecule has 1 amide bonds. The van der Waals surface area contributed by atoms with Crippen molar-refractivity contribution >= 4 is 11.9 Å². The van der Waals surface area contributed by atoms with Crippen molar-refractivity contribution in [3.8, 4) is 0 Å². The van der Waals surface area contributed by atoms with Crippen LogP contribution in [0.5, 0.6) is 0 Å². The number of rotatable bonds is 5. The van der Waals surface area contributed by atoms with Crippen LogP contribution in [0.3, 0.4) is 0 Å². The molecule has 0 aliphatic heterocycles. The molecule has 1 aromatic rings. The van der Waals surface area contributed by atoms with Crippen LogP contribution >= 0.6 is 0 Å². The lowest BCUT2D eigenvalue weighted by Gasteiger charge is -2.40. The fourth-order valence-electron chi connectivity index (χ4n) is 2.28. The Balaban J connectivity index is 1.91. The Morgan fingerprint density at radius 2 is 2.22 bits per heavy atom. The van der Waals surface area contributed by atoms with E-state index < -0.39 is 5.97 Å². The van der Waals surface area contributed by atoms with Gasteiger partial charge in [-0.25, -0.2) is 0 Å². The molecule has 1 fully saturated rings. The molecule has 0 atom stereocenters. The molecule has 0 aromatic carbocycles. The van der Waals surface area contributed by atoms with Gasteiger partial charge in [0.2, 0.25) is 0 Å². The first-order valence-electron chi connectivity index (χ1n) is 6.01. The molecule has 0 unspecified atom stereocenters. The van der Waals surface area contributed by atoms with Crippen molar-refractivity contribution < 1.29 is 14.7 Å². The minimum Gasteiger partial charge on any atom is -0.481 e. The average molecular weight is 248 g/mol. The maximum absolute atomic E-state index is 11.8. The molecular weight excluding hydrogens is 232 g/mol. The second-order valence-corrected chi connectivity index (χ2v) is 4.85. The summed E-state index contributed by atoms with van der Waals surface area (Å²) in [6.07, 6.45) is 6.00. The maximum atomic E-state index is 11.8. The highest BCUT2D eigenvalue weighted by molar-refractivity contribution is 5.93. The molecular formula is C13H16N2O3. The van der Waals surface area contributed by atoms with Crippen LogP contribution in [0.4, 0.5) is 0 Å². The summed E-state index contributed by atoms with van der Waals surface area (Å²) in [6.45, 7) is 0.424. The molecule has 1 heterocycles. The second kappa shape index (κ2) is 5.16. The summed E-state index contributed by atoms with van der Waals surface area (Å²) >= 11 is 0. The van der Waals surface area contributed by atoms with Crippen LogP contribution in [0.25, 0.3) is 0 Å². The number of carboxylic acid groups (broad SMARTS) is 1. The predicted molar refractivity (Wildman–Crippen MR) is 65.1 cm³/mol. The van der Waals surface area contributed by atoms with Crippen molar-refractivity contribution in [1.29, 1.82) is 0 Å². The van der Waals surface area contributed by atoms with Crippen LogP contribution in [0.2, 0.25) is 0 Å². The molecule has 18 heavy (non-hydrogen) atoms. The highest BCUT2D eigenvalue weighted by Crippen LogP contribution is 2.43. The van der Waals surface area contributed by atoms with Crippen LogP contribution < -0.4 is 5.32 Å². The number of aromatic nitrogens is 1. The van der Waals surface area contributed by atoms with Gasteiger partial charge in [-0.05, 0) is 30.4 Å². The van der Waals surface area contributed by atoms with Gasteiger partial charge >= 0.3 is 5.97 Å². The Morgan fingerprint density at radius 1 is 1.44 bits per heavy atom. The molecule has 96 valence electrons. The van der Waals surface area contributed by atoms with E-state index in [0.717, 1.165) is 19.3 Å². The first-order chi connectivity index (χ1) is 8.61. The minimum atomic E-state index is -0.801. The van der Waals surface area contributed by atoms with Gasteiger partial charge in [-0.3, -0.25) is 14.6 Å². The SMILES string of the molecule is O=C(O)CC1(CNC(=O)c2cccnc2)CCC1. The molecule has 5 nitrogen and oxygen atoms in total. The van der Waals surface area contributed by atoms with Gasteiger partial charge in [0.1, 0.15) is 0 Å². The molecule has 5 heteroatoms. The van der Waals surface area contributed by atoms with Gasteiger partial charge in [0, 0.05) is 18.9 Å². The van der Waals surface area contributed by atoms with Crippen molar-refractivity contribution in [3.63, 3.8) is 0 Å². The van der Waals surface area contributed by atoms with Gasteiger partial charge < -0.3 is 10.4 Å². The number of hydrogen-bond acceptors (Lipinski definition) is 3. The van der Waals surface area contributed by atoms with Gasteiger partial charge in [0.05, 0.1) is 12.0 Å². The number of carbonyl (C=O) groups excluding carboxylic acids is 1. The van der Waals surface area contributed by atoms with Crippen LogP contribution in [-0.4, -0.2) is 28.5 Å². The van der Waals surface area contributed by atoms with Crippen LogP contribution in [0.15, 0.2) is 24.5 Å². The van der Waals surface area contributed by atoms with E-state index in [4.69, 9.17) is 5.11 Å². The van der Waals surface area contributed by atoms with E-state index in [2.05, 4.69) is 10.3 Å². The first kappa shape index (κ1) is 12.5. The maximum Gasteiger partial charge on any atom is 0.303 e. The summed E-state index contributed by atoms with van der Waals surface area (Å²) in [5.41, 5.74) is 0.256. The molecule has 1 saturated carbocycles. The number of carbonyl (C=O) groups is 2. The van der Waals surface area contributed by atoms with E-state index in [0.29, 0.717) is 12.1 Å². The molecule has 2 rings (SSSR count).